The molecule has 0 radical (unpaired) electrons. The zero-order chi connectivity index (χ0) is 19.7. The smallest absolute Gasteiger partial charge is 0.221 e. The van der Waals surface area contributed by atoms with Crippen LogP contribution < -0.4 is 14.8 Å². The van der Waals surface area contributed by atoms with Crippen molar-refractivity contribution in [2.45, 2.75) is 12.7 Å². The number of anilines is 1. The fourth-order valence-electron chi connectivity index (χ4n) is 2.14. The van der Waals surface area contributed by atoms with E-state index in [2.05, 4.69) is 21.9 Å². The van der Waals surface area contributed by atoms with Crippen LogP contribution in [-0.2, 0) is 20.6 Å². The lowest BCUT2D eigenvalue weighted by atomic mass is 10.2. The number of carbonyl (C=O) groups is 1. The summed E-state index contributed by atoms with van der Waals surface area (Å²) in [7, 11) is -3.61. The number of carbonyl (C=O) groups excluding carboxylic acids is 1. The monoisotopic (exact) mass is 390 g/mol. The molecular weight excluding hydrogens is 371 g/mol. The zero-order valence-corrected chi connectivity index (χ0v) is 15.5. The Morgan fingerprint density at radius 1 is 1.15 bits per heavy atom. The van der Waals surface area contributed by atoms with Crippen molar-refractivity contribution in [1.29, 1.82) is 0 Å². The number of sulfonamides is 1. The van der Waals surface area contributed by atoms with E-state index in [0.717, 1.165) is 0 Å². The van der Waals surface area contributed by atoms with Gasteiger partial charge in [0.25, 0.3) is 0 Å². The minimum absolute atomic E-state index is 0.0646. The van der Waals surface area contributed by atoms with Gasteiger partial charge in [-0.3, -0.25) is 4.79 Å². The molecule has 2 N–H and O–H groups in total. The highest BCUT2D eigenvalue weighted by molar-refractivity contribution is 7.88. The Morgan fingerprint density at radius 3 is 2.67 bits per heavy atom. The summed E-state index contributed by atoms with van der Waals surface area (Å²) in [5, 5.41) is 2.64. The van der Waals surface area contributed by atoms with Crippen molar-refractivity contribution in [2.75, 3.05) is 18.5 Å². The molecule has 0 aliphatic rings. The molecule has 2 aromatic rings. The van der Waals surface area contributed by atoms with E-state index in [4.69, 9.17) is 4.74 Å². The van der Waals surface area contributed by atoms with Crippen LogP contribution in [0.4, 0.5) is 10.1 Å². The Bertz CT molecular complexity index is 965. The number of hydrogen-bond donors (Lipinski definition) is 2. The second-order valence-corrected chi connectivity index (χ2v) is 7.37. The molecule has 2 aromatic carbocycles. The Hall–Kier alpha value is -2.89. The molecule has 0 spiro atoms. The molecule has 0 aromatic heterocycles. The molecule has 0 heterocycles. The van der Waals surface area contributed by atoms with E-state index in [1.165, 1.54) is 31.2 Å². The highest BCUT2D eigenvalue weighted by Crippen LogP contribution is 2.17. The average Bonchev–Trinajstić information content (AvgIpc) is 2.57. The van der Waals surface area contributed by atoms with Crippen LogP contribution in [-0.4, -0.2) is 27.5 Å². The molecule has 0 saturated carbocycles. The van der Waals surface area contributed by atoms with Crippen LogP contribution >= 0.6 is 0 Å². The molecule has 0 aliphatic heterocycles. The maximum Gasteiger partial charge on any atom is 0.221 e. The predicted octanol–water partition coefficient (Wildman–Crippen LogP) is 2.29. The molecule has 2 rings (SSSR count). The second-order valence-electron chi connectivity index (χ2n) is 5.56. The minimum atomic E-state index is -3.61. The summed E-state index contributed by atoms with van der Waals surface area (Å²) in [5.74, 6) is 4.88. The summed E-state index contributed by atoms with van der Waals surface area (Å²) in [6.07, 6.45) is 0. The van der Waals surface area contributed by atoms with Crippen LogP contribution in [0.3, 0.4) is 0 Å². The van der Waals surface area contributed by atoms with Crippen LogP contribution in [0, 0.1) is 17.7 Å². The van der Waals surface area contributed by atoms with Crippen molar-refractivity contribution < 1.29 is 22.3 Å². The Labute approximate surface area is 157 Å². The first kappa shape index (κ1) is 20.4. The number of rotatable bonds is 7. The van der Waals surface area contributed by atoms with Crippen LogP contribution in [0.2, 0.25) is 0 Å². The molecule has 8 heteroatoms. The van der Waals surface area contributed by atoms with Crippen molar-refractivity contribution in [3.05, 3.63) is 59.9 Å². The molecule has 0 atom stereocenters. The van der Waals surface area contributed by atoms with Crippen LogP contribution in [0.5, 0.6) is 5.75 Å². The average molecular weight is 390 g/mol. The van der Waals surface area contributed by atoms with Gasteiger partial charge in [-0.05, 0) is 29.8 Å². The molecule has 27 heavy (non-hydrogen) atoms. The van der Waals surface area contributed by atoms with Gasteiger partial charge in [-0.25, -0.2) is 17.5 Å². The van der Waals surface area contributed by atoms with Gasteiger partial charge >= 0.3 is 0 Å². The number of nitrogens with one attached hydrogen (secondary N) is 2. The van der Waals surface area contributed by atoms with Crippen molar-refractivity contribution in [2.24, 2.45) is 0 Å². The van der Waals surface area contributed by atoms with Gasteiger partial charge < -0.3 is 10.1 Å². The first-order valence-electron chi connectivity index (χ1n) is 8.02. The summed E-state index contributed by atoms with van der Waals surface area (Å²) < 4.78 is 44.7. The normalized spacial score (nSPS) is 10.6. The lowest BCUT2D eigenvalue weighted by molar-refractivity contribution is -0.114. The number of benzene rings is 2. The quantitative estimate of drug-likeness (QED) is 0.711. The molecule has 1 amide bonds. The topological polar surface area (TPSA) is 84.5 Å². The van der Waals surface area contributed by atoms with Crippen molar-refractivity contribution in [3.8, 4) is 17.6 Å². The first-order valence-corrected chi connectivity index (χ1v) is 9.67. The van der Waals surface area contributed by atoms with E-state index >= 15 is 0 Å². The Morgan fingerprint density at radius 2 is 1.93 bits per heavy atom. The number of hydrogen-bond acceptors (Lipinski definition) is 4. The van der Waals surface area contributed by atoms with E-state index in [9.17, 15) is 17.6 Å². The van der Waals surface area contributed by atoms with Crippen LogP contribution in [0.1, 0.15) is 12.5 Å². The van der Waals surface area contributed by atoms with Crippen molar-refractivity contribution >= 4 is 21.6 Å². The minimum Gasteiger partial charge on any atom is -0.481 e. The SMILES string of the molecule is CC(=O)Nc1cccc(OCC#CCNS(=O)(=O)Cc2cccc(F)c2)c1. The highest BCUT2D eigenvalue weighted by Gasteiger charge is 2.10. The lowest BCUT2D eigenvalue weighted by Crippen LogP contribution is -2.25. The van der Waals surface area contributed by atoms with Crippen molar-refractivity contribution in [3.63, 3.8) is 0 Å². The van der Waals surface area contributed by atoms with Gasteiger partial charge in [-0.15, -0.1) is 0 Å². The number of amides is 1. The Kier molecular flexibility index (Phi) is 7.34. The van der Waals surface area contributed by atoms with Crippen molar-refractivity contribution in [1.82, 2.24) is 4.72 Å². The predicted molar refractivity (Wildman–Crippen MR) is 101 cm³/mol. The molecular formula is C19H19FN2O4S. The standard InChI is InChI=1S/C19H19FN2O4S/c1-15(23)22-18-8-5-9-19(13-18)26-11-3-2-10-21-27(24,25)14-16-6-4-7-17(20)12-16/h4-9,12-13,21H,10-11,14H2,1H3,(H,22,23). The summed E-state index contributed by atoms with van der Waals surface area (Å²) in [6.45, 7) is 1.40. The second kappa shape index (κ2) is 9.71. The fraction of sp³-hybridized carbons (Fsp3) is 0.211. The molecule has 0 unspecified atom stereocenters. The highest BCUT2D eigenvalue weighted by atomic mass is 32.2. The fourth-order valence-corrected chi connectivity index (χ4v) is 3.16. The van der Waals surface area contributed by atoms with Gasteiger partial charge in [-0.2, -0.15) is 0 Å². The summed E-state index contributed by atoms with van der Waals surface area (Å²) in [4.78, 5) is 11.0. The molecule has 0 fully saturated rings. The third-order valence-electron chi connectivity index (χ3n) is 3.22. The Balaban J connectivity index is 1.78. The van der Waals surface area contributed by atoms with E-state index < -0.39 is 15.8 Å². The number of ether oxygens (including phenoxy) is 1. The van der Waals surface area contributed by atoms with Gasteiger partial charge in [0.05, 0.1) is 12.3 Å². The van der Waals surface area contributed by atoms with E-state index in [1.54, 1.807) is 24.3 Å². The molecule has 0 aliphatic carbocycles. The maximum atomic E-state index is 13.1. The lowest BCUT2D eigenvalue weighted by Gasteiger charge is -2.06. The van der Waals surface area contributed by atoms with Gasteiger partial charge in [0.2, 0.25) is 15.9 Å². The van der Waals surface area contributed by atoms with E-state index in [-0.39, 0.29) is 24.8 Å². The maximum absolute atomic E-state index is 13.1. The largest absolute Gasteiger partial charge is 0.481 e. The molecule has 142 valence electrons. The van der Waals surface area contributed by atoms with Gasteiger partial charge in [0.15, 0.2) is 0 Å². The zero-order valence-electron chi connectivity index (χ0n) is 14.7. The molecule has 0 bridgehead atoms. The third-order valence-corrected chi connectivity index (χ3v) is 4.51. The summed E-state index contributed by atoms with van der Waals surface area (Å²) >= 11 is 0. The molecule has 0 saturated heterocycles. The van der Waals surface area contributed by atoms with E-state index in [0.29, 0.717) is 17.0 Å². The van der Waals surface area contributed by atoms with Gasteiger partial charge in [-0.1, -0.05) is 30.0 Å². The summed E-state index contributed by atoms with van der Waals surface area (Å²) in [5.41, 5.74) is 0.968. The van der Waals surface area contributed by atoms with Crippen LogP contribution in [0.25, 0.3) is 0 Å². The van der Waals surface area contributed by atoms with E-state index in [1.807, 2.05) is 0 Å². The van der Waals surface area contributed by atoms with Gasteiger partial charge in [0.1, 0.15) is 18.2 Å². The molecule has 6 nitrogen and oxygen atoms in total. The summed E-state index contributed by atoms with van der Waals surface area (Å²) in [6, 6.07) is 12.3. The first-order chi connectivity index (χ1) is 12.8. The van der Waals surface area contributed by atoms with Crippen LogP contribution in [0.15, 0.2) is 48.5 Å². The third kappa shape index (κ3) is 7.90. The van der Waals surface area contributed by atoms with Gasteiger partial charge in [0, 0.05) is 18.7 Å². The number of halogens is 1.